The van der Waals surface area contributed by atoms with Crippen LogP contribution in [0.25, 0.3) is 77.9 Å². The highest BCUT2D eigenvalue weighted by Gasteiger charge is 2.35. The van der Waals surface area contributed by atoms with Gasteiger partial charge in [-0.3, -0.25) is 0 Å². The van der Waals surface area contributed by atoms with Gasteiger partial charge in [-0.25, -0.2) is 4.98 Å². The van der Waals surface area contributed by atoms with Crippen LogP contribution in [0.4, 0.5) is 0 Å². The topological polar surface area (TPSA) is 12.9 Å². The van der Waals surface area contributed by atoms with E-state index in [9.17, 15) is 0 Å². The van der Waals surface area contributed by atoms with Crippen LogP contribution in [0.1, 0.15) is 25.0 Å². The standard InChI is InChI=1S/C56H41NS/c1-56(2)46-31-18-30-45(54(46)58-55-47(56)32-19-37-57-55)38-33-35-44(36-34-38)53-51(42-26-14-6-15-27-42)49(40-22-10-4-11-23-40)48(39-20-8-3-9-21-39)50(41-24-12-5-13-25-41)52(53)43-28-16-7-17-29-43/h3-37H,1-2H3. The van der Waals surface area contributed by atoms with E-state index in [-0.39, 0.29) is 5.41 Å². The lowest BCUT2D eigenvalue weighted by atomic mass is 9.74. The van der Waals surface area contributed by atoms with E-state index in [4.69, 9.17) is 4.98 Å². The van der Waals surface area contributed by atoms with Crippen LogP contribution in [0.5, 0.6) is 0 Å². The van der Waals surface area contributed by atoms with Gasteiger partial charge in [0.2, 0.25) is 0 Å². The van der Waals surface area contributed by atoms with Crippen molar-refractivity contribution in [2.45, 2.75) is 29.2 Å². The second kappa shape index (κ2) is 15.0. The molecule has 0 amide bonds. The highest BCUT2D eigenvalue weighted by Crippen LogP contribution is 2.56. The van der Waals surface area contributed by atoms with Crippen molar-refractivity contribution in [3.8, 4) is 77.9 Å². The van der Waals surface area contributed by atoms with Gasteiger partial charge in [0, 0.05) is 16.5 Å². The number of fused-ring (bicyclic) bond motifs is 2. The van der Waals surface area contributed by atoms with E-state index in [2.05, 4.69) is 220 Å². The molecule has 58 heavy (non-hydrogen) atoms. The molecule has 0 fully saturated rings. The van der Waals surface area contributed by atoms with Crippen molar-refractivity contribution in [2.24, 2.45) is 0 Å². The first-order valence-corrected chi connectivity index (χ1v) is 20.8. The Morgan fingerprint density at radius 2 is 0.672 bits per heavy atom. The Labute approximate surface area is 345 Å². The molecule has 0 N–H and O–H groups in total. The number of hydrogen-bond acceptors (Lipinski definition) is 2. The third-order valence-corrected chi connectivity index (χ3v) is 12.8. The van der Waals surface area contributed by atoms with Crippen molar-refractivity contribution in [2.75, 3.05) is 0 Å². The normalized spacial score (nSPS) is 12.7. The summed E-state index contributed by atoms with van der Waals surface area (Å²) in [7, 11) is 0. The molecule has 8 aromatic carbocycles. The van der Waals surface area contributed by atoms with Crippen molar-refractivity contribution in [3.63, 3.8) is 0 Å². The molecule has 0 saturated carbocycles. The van der Waals surface area contributed by atoms with Crippen molar-refractivity contribution in [1.29, 1.82) is 0 Å². The van der Waals surface area contributed by atoms with E-state index in [0.717, 1.165) is 5.03 Å². The van der Waals surface area contributed by atoms with Crippen LogP contribution in [0.15, 0.2) is 222 Å². The molecule has 0 unspecified atom stereocenters. The maximum Gasteiger partial charge on any atom is 0.105 e. The summed E-state index contributed by atoms with van der Waals surface area (Å²) in [6.07, 6.45) is 1.91. The molecule has 2 heteroatoms. The number of rotatable bonds is 7. The maximum absolute atomic E-state index is 4.84. The van der Waals surface area contributed by atoms with Crippen molar-refractivity contribution >= 4 is 11.8 Å². The number of hydrogen-bond donors (Lipinski definition) is 0. The van der Waals surface area contributed by atoms with Gasteiger partial charge in [0.15, 0.2) is 0 Å². The van der Waals surface area contributed by atoms with Gasteiger partial charge in [0.1, 0.15) is 5.03 Å². The van der Waals surface area contributed by atoms with E-state index >= 15 is 0 Å². The Bertz CT molecular complexity index is 2780. The van der Waals surface area contributed by atoms with Gasteiger partial charge >= 0.3 is 0 Å². The molecule has 9 aromatic rings. The van der Waals surface area contributed by atoms with Gasteiger partial charge in [-0.1, -0.05) is 226 Å². The fourth-order valence-electron chi connectivity index (χ4n) is 8.88. The molecule has 0 saturated heterocycles. The summed E-state index contributed by atoms with van der Waals surface area (Å²) in [6, 6.07) is 75.3. The fraction of sp³-hybridized carbons (Fsp3) is 0.0536. The highest BCUT2D eigenvalue weighted by atomic mass is 32.2. The molecule has 0 bridgehead atoms. The Balaban J connectivity index is 1.31. The molecular formula is C56H41NS. The smallest absolute Gasteiger partial charge is 0.105 e. The van der Waals surface area contributed by atoms with Crippen LogP contribution < -0.4 is 0 Å². The molecule has 1 aliphatic rings. The summed E-state index contributed by atoms with van der Waals surface area (Å²) < 4.78 is 0. The number of aromatic nitrogens is 1. The molecule has 0 aliphatic carbocycles. The Hall–Kier alpha value is -6.74. The number of benzene rings is 8. The average Bonchev–Trinajstić information content (AvgIpc) is 3.29. The molecule has 2 heterocycles. The first-order chi connectivity index (χ1) is 28.6. The lowest BCUT2D eigenvalue weighted by Crippen LogP contribution is -2.24. The Morgan fingerprint density at radius 1 is 0.328 bits per heavy atom. The second-order valence-electron chi connectivity index (χ2n) is 15.4. The summed E-state index contributed by atoms with van der Waals surface area (Å²) in [5.74, 6) is 0. The third kappa shape index (κ3) is 6.18. The van der Waals surface area contributed by atoms with Crippen LogP contribution in [0.2, 0.25) is 0 Å². The van der Waals surface area contributed by atoms with Crippen LogP contribution in [-0.4, -0.2) is 4.98 Å². The van der Waals surface area contributed by atoms with E-state index in [0.29, 0.717) is 0 Å². The zero-order chi connectivity index (χ0) is 39.1. The van der Waals surface area contributed by atoms with E-state index < -0.39 is 0 Å². The molecule has 10 rings (SSSR count). The summed E-state index contributed by atoms with van der Waals surface area (Å²) in [5, 5.41) is 1.09. The zero-order valence-electron chi connectivity index (χ0n) is 32.6. The van der Waals surface area contributed by atoms with Crippen LogP contribution in [0.3, 0.4) is 0 Å². The van der Waals surface area contributed by atoms with Crippen molar-refractivity contribution in [3.05, 3.63) is 224 Å². The van der Waals surface area contributed by atoms with E-state index in [1.807, 2.05) is 6.20 Å². The van der Waals surface area contributed by atoms with Gasteiger partial charge in [0.05, 0.1) is 0 Å². The van der Waals surface area contributed by atoms with Crippen LogP contribution in [0, 0.1) is 0 Å². The van der Waals surface area contributed by atoms with Gasteiger partial charge < -0.3 is 0 Å². The number of nitrogens with zero attached hydrogens (tertiary/aromatic N) is 1. The molecule has 0 atom stereocenters. The van der Waals surface area contributed by atoms with Gasteiger partial charge in [-0.2, -0.15) is 0 Å². The van der Waals surface area contributed by atoms with Gasteiger partial charge in [0.25, 0.3) is 0 Å². The lowest BCUT2D eigenvalue weighted by molar-refractivity contribution is 0.599. The third-order valence-electron chi connectivity index (χ3n) is 11.6. The van der Waals surface area contributed by atoms with Crippen molar-refractivity contribution in [1.82, 2.24) is 4.98 Å². The minimum atomic E-state index is -0.155. The largest absolute Gasteiger partial charge is 0.249 e. The Kier molecular flexibility index (Phi) is 9.20. The summed E-state index contributed by atoms with van der Waals surface area (Å²) in [5.41, 5.74) is 19.3. The first-order valence-electron chi connectivity index (χ1n) is 20.0. The van der Waals surface area contributed by atoms with E-state index in [1.54, 1.807) is 11.8 Å². The predicted octanol–water partition coefficient (Wildman–Crippen LogP) is 15.5. The molecule has 0 spiro atoms. The van der Waals surface area contributed by atoms with Crippen molar-refractivity contribution < 1.29 is 0 Å². The molecule has 1 aromatic heterocycles. The molecule has 0 radical (unpaired) electrons. The zero-order valence-corrected chi connectivity index (χ0v) is 33.4. The van der Waals surface area contributed by atoms with Crippen LogP contribution >= 0.6 is 11.8 Å². The molecule has 1 nitrogen and oxygen atoms in total. The first kappa shape index (κ1) is 35.7. The number of pyridine rings is 1. The second-order valence-corrected chi connectivity index (χ2v) is 16.4. The summed E-state index contributed by atoms with van der Waals surface area (Å²) in [4.78, 5) is 6.12. The minimum Gasteiger partial charge on any atom is -0.249 e. The minimum absolute atomic E-state index is 0.155. The molecule has 276 valence electrons. The maximum atomic E-state index is 4.84. The van der Waals surface area contributed by atoms with Crippen LogP contribution in [-0.2, 0) is 5.41 Å². The quantitative estimate of drug-likeness (QED) is 0.160. The van der Waals surface area contributed by atoms with Gasteiger partial charge in [-0.05, 0) is 95.1 Å². The summed E-state index contributed by atoms with van der Waals surface area (Å²) in [6.45, 7) is 4.64. The molecule has 1 aliphatic heterocycles. The van der Waals surface area contributed by atoms with Gasteiger partial charge in [-0.15, -0.1) is 0 Å². The Morgan fingerprint density at radius 3 is 1.07 bits per heavy atom. The SMILES string of the molecule is CC1(C)c2cccnc2Sc2c(-c3ccc(-c4c(-c5ccccc5)c(-c5ccccc5)c(-c5ccccc5)c(-c5ccccc5)c4-c4ccccc4)cc3)cccc21. The lowest BCUT2D eigenvalue weighted by Gasteiger charge is -2.34. The molecular weight excluding hydrogens is 719 g/mol. The summed E-state index contributed by atoms with van der Waals surface area (Å²) >= 11 is 1.79. The monoisotopic (exact) mass is 759 g/mol. The van der Waals surface area contributed by atoms with E-state index in [1.165, 1.54) is 93.9 Å². The predicted molar refractivity (Wildman–Crippen MR) is 245 cm³/mol. The average molecular weight is 760 g/mol. The fourth-order valence-corrected chi connectivity index (χ4v) is 10.3. The highest BCUT2D eigenvalue weighted by molar-refractivity contribution is 7.99.